The molecule has 2 aliphatic carbocycles. The maximum Gasteiger partial charge on any atom is 0.573 e. The van der Waals surface area contributed by atoms with Crippen LogP contribution in [0.2, 0.25) is 0 Å². The van der Waals surface area contributed by atoms with E-state index in [4.69, 9.17) is 0 Å². The van der Waals surface area contributed by atoms with Crippen LogP contribution in [0, 0.1) is 17.7 Å². The molecule has 0 N–H and O–H groups in total. The number of unbranched alkanes of at least 4 members (excludes halogenated alkanes) is 3. The van der Waals surface area contributed by atoms with E-state index in [-0.39, 0.29) is 11.6 Å². The van der Waals surface area contributed by atoms with E-state index in [1.807, 2.05) is 6.07 Å². The average Bonchev–Trinajstić information content (AvgIpc) is 2.85. The molecule has 0 aromatic heterocycles. The van der Waals surface area contributed by atoms with Gasteiger partial charge >= 0.3 is 6.36 Å². The van der Waals surface area contributed by atoms with Crippen molar-refractivity contribution in [2.24, 2.45) is 11.8 Å². The number of alkyl halides is 3. The minimum Gasteiger partial charge on any atom is -0.406 e. The highest BCUT2D eigenvalue weighted by atomic mass is 19.4. The first-order valence-electron chi connectivity index (χ1n) is 13.7. The van der Waals surface area contributed by atoms with Gasteiger partial charge < -0.3 is 4.74 Å². The van der Waals surface area contributed by atoms with Gasteiger partial charge in [0.1, 0.15) is 11.6 Å². The van der Waals surface area contributed by atoms with Crippen LogP contribution in [0.15, 0.2) is 42.0 Å². The highest BCUT2D eigenvalue weighted by molar-refractivity contribution is 5.70. The van der Waals surface area contributed by atoms with Crippen LogP contribution in [0.25, 0.3) is 17.2 Å². The zero-order valence-electron chi connectivity index (χ0n) is 21.3. The Balaban J connectivity index is 1.31. The number of allylic oxidation sites excluding steroid dienone is 1. The number of fused-ring (bicyclic) bond motifs is 1. The summed E-state index contributed by atoms with van der Waals surface area (Å²) in [4.78, 5) is 0. The monoisotopic (exact) mass is 502 g/mol. The molecule has 1 nitrogen and oxygen atoms in total. The minimum absolute atomic E-state index is 0.308. The molecule has 0 spiro atoms. The normalized spacial score (nSPS) is 20.1. The number of rotatable bonds is 10. The molecule has 0 unspecified atom stereocenters. The van der Waals surface area contributed by atoms with Crippen molar-refractivity contribution in [2.45, 2.75) is 96.8 Å². The Bertz CT molecular complexity index is 1010. The van der Waals surface area contributed by atoms with E-state index >= 15 is 0 Å². The van der Waals surface area contributed by atoms with Crippen LogP contribution in [0.1, 0.15) is 95.1 Å². The quantitative estimate of drug-likeness (QED) is 0.232. The first-order valence-corrected chi connectivity index (χ1v) is 13.7. The fourth-order valence-electron chi connectivity index (χ4n) is 5.88. The number of ether oxygens (including phenoxy) is 1. The van der Waals surface area contributed by atoms with Crippen molar-refractivity contribution >= 4 is 6.08 Å². The van der Waals surface area contributed by atoms with Crippen molar-refractivity contribution in [1.29, 1.82) is 0 Å². The summed E-state index contributed by atoms with van der Waals surface area (Å²) in [6, 6.07) is 8.80. The van der Waals surface area contributed by atoms with Crippen molar-refractivity contribution in [2.75, 3.05) is 0 Å². The highest BCUT2D eigenvalue weighted by Crippen LogP contribution is 2.37. The van der Waals surface area contributed by atoms with Gasteiger partial charge in [-0.15, -0.1) is 13.2 Å². The second-order valence-electron chi connectivity index (χ2n) is 10.7. The van der Waals surface area contributed by atoms with Crippen molar-refractivity contribution < 1.29 is 22.3 Å². The van der Waals surface area contributed by atoms with E-state index in [1.165, 1.54) is 94.0 Å². The summed E-state index contributed by atoms with van der Waals surface area (Å²) in [6.07, 6.45) is 13.9. The zero-order valence-corrected chi connectivity index (χ0v) is 21.3. The first-order chi connectivity index (χ1) is 17.3. The van der Waals surface area contributed by atoms with Gasteiger partial charge in [-0.2, -0.15) is 0 Å². The Kier molecular flexibility index (Phi) is 9.14. The first kappa shape index (κ1) is 26.8. The second kappa shape index (κ2) is 12.3. The lowest BCUT2D eigenvalue weighted by atomic mass is 9.77. The smallest absolute Gasteiger partial charge is 0.406 e. The molecule has 0 saturated heterocycles. The summed E-state index contributed by atoms with van der Waals surface area (Å²) in [5.41, 5.74) is 4.39. The molecule has 0 radical (unpaired) electrons. The van der Waals surface area contributed by atoms with E-state index in [0.29, 0.717) is 11.1 Å². The highest BCUT2D eigenvalue weighted by Gasteiger charge is 2.31. The molecule has 1 saturated carbocycles. The lowest BCUT2D eigenvalue weighted by molar-refractivity contribution is -0.274. The van der Waals surface area contributed by atoms with Crippen LogP contribution in [0.4, 0.5) is 17.6 Å². The van der Waals surface area contributed by atoms with Crippen LogP contribution < -0.4 is 4.74 Å². The van der Waals surface area contributed by atoms with Crippen molar-refractivity contribution in [1.82, 2.24) is 0 Å². The largest absolute Gasteiger partial charge is 0.573 e. The average molecular weight is 503 g/mol. The van der Waals surface area contributed by atoms with Gasteiger partial charge in [0, 0.05) is 5.56 Å². The lowest BCUT2D eigenvalue weighted by Gasteiger charge is -2.29. The van der Waals surface area contributed by atoms with Crippen LogP contribution in [-0.4, -0.2) is 6.36 Å². The molecule has 2 aliphatic rings. The Hall–Kier alpha value is -2.30. The summed E-state index contributed by atoms with van der Waals surface area (Å²) < 4.78 is 56.1. The van der Waals surface area contributed by atoms with E-state index < -0.39 is 6.36 Å². The van der Waals surface area contributed by atoms with Crippen LogP contribution >= 0.6 is 0 Å². The molecule has 196 valence electrons. The number of aryl methyl sites for hydroxylation is 1. The molecular weight excluding hydrogens is 464 g/mol. The standard InChI is InChI=1S/C31H38F4O/c1-2-3-4-5-6-22-7-9-23(10-8-22)11-12-24-13-14-26-20-29(30(32)21-27(26)19-24)25-15-17-28(18-16-25)36-31(33,34)35/h15-23H,2-14H2,1H3. The van der Waals surface area contributed by atoms with Gasteiger partial charge in [0.2, 0.25) is 0 Å². The third-order valence-electron chi connectivity index (χ3n) is 8.01. The number of hydrogen-bond acceptors (Lipinski definition) is 1. The predicted octanol–water partition coefficient (Wildman–Crippen LogP) is 10.3. The maximum absolute atomic E-state index is 15.0. The number of benzene rings is 2. The molecule has 0 amide bonds. The summed E-state index contributed by atoms with van der Waals surface area (Å²) in [6.45, 7) is 2.27. The Morgan fingerprint density at radius 1 is 0.861 bits per heavy atom. The predicted molar refractivity (Wildman–Crippen MR) is 138 cm³/mol. The van der Waals surface area contributed by atoms with Gasteiger partial charge in [0.15, 0.2) is 0 Å². The molecule has 0 atom stereocenters. The number of hydrogen-bond donors (Lipinski definition) is 0. The van der Waals surface area contributed by atoms with Gasteiger partial charge in [-0.3, -0.25) is 0 Å². The third-order valence-corrected chi connectivity index (χ3v) is 8.01. The maximum atomic E-state index is 15.0. The SMILES string of the molecule is CCCCCCC1CCC(CCC2=Cc3cc(F)c(-c4ccc(OC(F)(F)F)cc4)cc3CC2)CC1. The van der Waals surface area contributed by atoms with E-state index in [2.05, 4.69) is 17.7 Å². The van der Waals surface area contributed by atoms with Crippen LogP contribution in [0.5, 0.6) is 5.75 Å². The summed E-state index contributed by atoms with van der Waals surface area (Å²) in [5.74, 6) is 1.10. The second-order valence-corrected chi connectivity index (χ2v) is 10.7. The lowest BCUT2D eigenvalue weighted by Crippen LogP contribution is -2.16. The zero-order chi connectivity index (χ0) is 25.5. The fraction of sp³-hybridized carbons (Fsp3) is 0.548. The minimum atomic E-state index is -4.74. The Morgan fingerprint density at radius 2 is 1.56 bits per heavy atom. The Morgan fingerprint density at radius 3 is 2.22 bits per heavy atom. The molecule has 0 heterocycles. The third kappa shape index (κ3) is 7.60. The van der Waals surface area contributed by atoms with Gasteiger partial charge in [-0.25, -0.2) is 4.39 Å². The van der Waals surface area contributed by atoms with E-state index in [9.17, 15) is 17.6 Å². The molecule has 36 heavy (non-hydrogen) atoms. The van der Waals surface area contributed by atoms with Gasteiger partial charge in [0.25, 0.3) is 0 Å². The van der Waals surface area contributed by atoms with Crippen LogP contribution in [-0.2, 0) is 6.42 Å². The van der Waals surface area contributed by atoms with Gasteiger partial charge in [0.05, 0.1) is 0 Å². The summed E-state index contributed by atoms with van der Waals surface area (Å²) in [5, 5.41) is 0. The van der Waals surface area contributed by atoms with Crippen molar-refractivity contribution in [3.63, 3.8) is 0 Å². The summed E-state index contributed by atoms with van der Waals surface area (Å²) in [7, 11) is 0. The molecule has 5 heteroatoms. The number of halogens is 4. The molecule has 2 aromatic carbocycles. The topological polar surface area (TPSA) is 9.23 Å². The fourth-order valence-corrected chi connectivity index (χ4v) is 5.88. The molecule has 2 aromatic rings. The molecular formula is C31H38F4O. The summed E-state index contributed by atoms with van der Waals surface area (Å²) >= 11 is 0. The van der Waals surface area contributed by atoms with Gasteiger partial charge in [-0.05, 0) is 78.5 Å². The molecule has 0 aliphatic heterocycles. The molecule has 1 fully saturated rings. The van der Waals surface area contributed by atoms with Gasteiger partial charge in [-0.1, -0.05) is 88.5 Å². The Labute approximate surface area is 212 Å². The molecule has 4 rings (SSSR count). The van der Waals surface area contributed by atoms with Crippen molar-refractivity contribution in [3.05, 3.63) is 58.9 Å². The van der Waals surface area contributed by atoms with E-state index in [1.54, 1.807) is 6.07 Å². The van der Waals surface area contributed by atoms with Crippen molar-refractivity contribution in [3.8, 4) is 16.9 Å². The molecule has 0 bridgehead atoms. The van der Waals surface area contributed by atoms with E-state index in [0.717, 1.165) is 42.2 Å². The van der Waals surface area contributed by atoms with Crippen LogP contribution in [0.3, 0.4) is 0 Å².